The second-order valence-corrected chi connectivity index (χ2v) is 10.1. The minimum Gasteiger partial charge on any atom is -0.321 e. The first-order valence-electron chi connectivity index (χ1n) is 11.0. The molecule has 1 aliphatic rings. The van der Waals surface area contributed by atoms with Gasteiger partial charge in [-0.25, -0.2) is 8.42 Å². The number of carbonyl (C=O) groups excluding carboxylic acids is 2. The molecular weight excluding hydrogens is 436 g/mol. The third-order valence-electron chi connectivity index (χ3n) is 5.77. The Hall–Kier alpha value is -3.29. The van der Waals surface area contributed by atoms with Gasteiger partial charge in [0.1, 0.15) is 0 Å². The largest absolute Gasteiger partial charge is 0.321 e. The zero-order valence-electron chi connectivity index (χ0n) is 18.5. The van der Waals surface area contributed by atoms with Crippen molar-refractivity contribution in [1.82, 2.24) is 4.31 Å². The van der Waals surface area contributed by atoms with Crippen molar-refractivity contribution >= 4 is 27.4 Å². The van der Waals surface area contributed by atoms with Crippen LogP contribution in [0.25, 0.3) is 0 Å². The van der Waals surface area contributed by atoms with Gasteiger partial charge < -0.3 is 5.32 Å². The number of nitrogens with zero attached hydrogens (tertiary/aromatic N) is 1. The third kappa shape index (κ3) is 5.05. The number of rotatable bonds is 6. The van der Waals surface area contributed by atoms with E-state index in [0.29, 0.717) is 35.5 Å². The SMILES string of the molecule is Cc1ccc(NC(=O)c2ccc(S(=O)(=O)N3CCCCC3)cc2)c(C(=O)c2ccccc2)c1. The first kappa shape index (κ1) is 22.9. The van der Waals surface area contributed by atoms with Crippen molar-refractivity contribution in [3.63, 3.8) is 0 Å². The molecule has 0 unspecified atom stereocenters. The van der Waals surface area contributed by atoms with Crippen LogP contribution in [0.2, 0.25) is 0 Å². The van der Waals surface area contributed by atoms with Crippen LogP contribution in [0, 0.1) is 6.92 Å². The molecule has 0 spiro atoms. The van der Waals surface area contributed by atoms with Gasteiger partial charge in [-0.3, -0.25) is 9.59 Å². The van der Waals surface area contributed by atoms with Crippen molar-refractivity contribution in [2.24, 2.45) is 0 Å². The van der Waals surface area contributed by atoms with Gasteiger partial charge in [0.2, 0.25) is 10.0 Å². The number of amides is 1. The molecular formula is C26H26N2O4S. The van der Waals surface area contributed by atoms with E-state index in [2.05, 4.69) is 5.32 Å². The van der Waals surface area contributed by atoms with Crippen LogP contribution in [-0.2, 0) is 10.0 Å². The Labute approximate surface area is 194 Å². The Morgan fingerprint density at radius 1 is 0.818 bits per heavy atom. The Morgan fingerprint density at radius 2 is 1.48 bits per heavy atom. The molecule has 1 amide bonds. The van der Waals surface area contributed by atoms with Crippen molar-refractivity contribution < 1.29 is 18.0 Å². The Kier molecular flexibility index (Phi) is 6.72. The van der Waals surface area contributed by atoms with Gasteiger partial charge in [-0.2, -0.15) is 4.31 Å². The van der Waals surface area contributed by atoms with Gasteiger partial charge in [0, 0.05) is 29.8 Å². The van der Waals surface area contributed by atoms with Crippen molar-refractivity contribution in [3.8, 4) is 0 Å². The Balaban J connectivity index is 1.55. The molecule has 0 bridgehead atoms. The van der Waals surface area contributed by atoms with Crippen LogP contribution in [0.15, 0.2) is 77.7 Å². The molecule has 3 aromatic carbocycles. The van der Waals surface area contributed by atoms with Crippen LogP contribution >= 0.6 is 0 Å². The van der Waals surface area contributed by atoms with Crippen LogP contribution in [0.1, 0.15) is 51.1 Å². The summed E-state index contributed by atoms with van der Waals surface area (Å²) in [6.07, 6.45) is 2.76. The smallest absolute Gasteiger partial charge is 0.255 e. The molecule has 1 aliphatic heterocycles. The van der Waals surface area contributed by atoms with Gasteiger partial charge >= 0.3 is 0 Å². The second-order valence-electron chi connectivity index (χ2n) is 8.19. The summed E-state index contributed by atoms with van der Waals surface area (Å²) >= 11 is 0. The summed E-state index contributed by atoms with van der Waals surface area (Å²) in [5.74, 6) is -0.597. The van der Waals surface area contributed by atoms with Crippen LogP contribution in [0.5, 0.6) is 0 Å². The summed E-state index contributed by atoms with van der Waals surface area (Å²) in [7, 11) is -3.56. The van der Waals surface area contributed by atoms with Gasteiger partial charge in [-0.1, -0.05) is 48.4 Å². The van der Waals surface area contributed by atoms with Crippen molar-refractivity contribution in [3.05, 3.63) is 95.1 Å². The van der Waals surface area contributed by atoms with Gasteiger partial charge in [-0.15, -0.1) is 0 Å². The fraction of sp³-hybridized carbons (Fsp3) is 0.231. The highest BCUT2D eigenvalue weighted by Crippen LogP contribution is 2.24. The molecule has 1 fully saturated rings. The van der Waals surface area contributed by atoms with Crippen LogP contribution in [-0.4, -0.2) is 37.5 Å². The monoisotopic (exact) mass is 462 g/mol. The van der Waals surface area contributed by atoms with E-state index in [1.165, 1.54) is 28.6 Å². The number of carbonyl (C=O) groups is 2. The number of nitrogens with one attached hydrogen (secondary N) is 1. The molecule has 1 saturated heterocycles. The predicted molar refractivity (Wildman–Crippen MR) is 128 cm³/mol. The average molecular weight is 463 g/mol. The van der Waals surface area contributed by atoms with E-state index >= 15 is 0 Å². The topological polar surface area (TPSA) is 83.6 Å². The van der Waals surface area contributed by atoms with E-state index in [1.54, 1.807) is 36.4 Å². The van der Waals surface area contributed by atoms with Gasteiger partial charge in [0.15, 0.2) is 5.78 Å². The fourth-order valence-electron chi connectivity index (χ4n) is 3.93. The summed E-state index contributed by atoms with van der Waals surface area (Å²) < 4.78 is 27.2. The lowest BCUT2D eigenvalue weighted by molar-refractivity contribution is 0.102. The lowest BCUT2D eigenvalue weighted by Gasteiger charge is -2.25. The molecule has 0 aromatic heterocycles. The molecule has 33 heavy (non-hydrogen) atoms. The normalized spacial score (nSPS) is 14.6. The Morgan fingerprint density at radius 3 is 2.15 bits per heavy atom. The molecule has 0 aliphatic carbocycles. The van der Waals surface area contributed by atoms with Crippen molar-refractivity contribution in [2.45, 2.75) is 31.1 Å². The highest BCUT2D eigenvalue weighted by molar-refractivity contribution is 7.89. The van der Waals surface area contributed by atoms with Crippen LogP contribution in [0.4, 0.5) is 5.69 Å². The molecule has 1 heterocycles. The van der Waals surface area contributed by atoms with Crippen LogP contribution in [0.3, 0.4) is 0 Å². The van der Waals surface area contributed by atoms with E-state index in [0.717, 1.165) is 24.8 Å². The quantitative estimate of drug-likeness (QED) is 0.541. The lowest BCUT2D eigenvalue weighted by Crippen LogP contribution is -2.35. The predicted octanol–water partition coefficient (Wildman–Crippen LogP) is 4.65. The number of sulfonamides is 1. The highest BCUT2D eigenvalue weighted by atomic mass is 32.2. The number of aryl methyl sites for hydroxylation is 1. The fourth-order valence-corrected chi connectivity index (χ4v) is 5.44. The van der Waals surface area contributed by atoms with E-state index < -0.39 is 15.9 Å². The standard InChI is InChI=1S/C26H26N2O4S/c1-19-10-15-24(23(18-19)25(29)20-8-4-2-5-9-20)27-26(30)21-11-13-22(14-12-21)33(31,32)28-16-6-3-7-17-28/h2,4-5,8-15,18H,3,6-7,16-17H2,1H3,(H,27,30). The van der Waals surface area contributed by atoms with E-state index in [1.807, 2.05) is 19.1 Å². The molecule has 0 radical (unpaired) electrons. The molecule has 7 heteroatoms. The first-order valence-corrected chi connectivity index (χ1v) is 12.4. The lowest BCUT2D eigenvalue weighted by atomic mass is 9.99. The summed E-state index contributed by atoms with van der Waals surface area (Å²) in [4.78, 5) is 26.1. The highest BCUT2D eigenvalue weighted by Gasteiger charge is 2.26. The first-order chi connectivity index (χ1) is 15.9. The maximum Gasteiger partial charge on any atom is 0.255 e. The number of hydrogen-bond donors (Lipinski definition) is 1. The van der Waals surface area contributed by atoms with Gasteiger partial charge in [0.05, 0.1) is 10.6 Å². The summed E-state index contributed by atoms with van der Waals surface area (Å²) in [6.45, 7) is 2.93. The Bertz CT molecular complexity index is 1260. The zero-order valence-corrected chi connectivity index (χ0v) is 19.3. The maximum absolute atomic E-state index is 13.0. The summed E-state index contributed by atoms with van der Waals surface area (Å²) in [6, 6.07) is 20.1. The number of anilines is 1. The molecule has 1 N–H and O–H groups in total. The van der Waals surface area contributed by atoms with Crippen molar-refractivity contribution in [1.29, 1.82) is 0 Å². The number of benzene rings is 3. The molecule has 0 atom stereocenters. The van der Waals surface area contributed by atoms with Gasteiger partial charge in [0.25, 0.3) is 5.91 Å². The average Bonchev–Trinajstić information content (AvgIpc) is 2.85. The number of hydrogen-bond acceptors (Lipinski definition) is 4. The summed E-state index contributed by atoms with van der Waals surface area (Å²) in [5.41, 5.74) is 2.56. The molecule has 170 valence electrons. The van der Waals surface area contributed by atoms with Gasteiger partial charge in [-0.05, 0) is 56.2 Å². The van der Waals surface area contributed by atoms with Crippen molar-refractivity contribution in [2.75, 3.05) is 18.4 Å². The third-order valence-corrected chi connectivity index (χ3v) is 7.69. The zero-order chi connectivity index (χ0) is 23.4. The van der Waals surface area contributed by atoms with E-state index in [9.17, 15) is 18.0 Å². The number of ketones is 1. The summed E-state index contributed by atoms with van der Waals surface area (Å²) in [5, 5.41) is 2.81. The molecule has 3 aromatic rings. The molecule has 0 saturated carbocycles. The minimum atomic E-state index is -3.56. The number of piperidine rings is 1. The van der Waals surface area contributed by atoms with E-state index in [-0.39, 0.29) is 10.7 Å². The van der Waals surface area contributed by atoms with E-state index in [4.69, 9.17) is 0 Å². The second kappa shape index (κ2) is 9.68. The maximum atomic E-state index is 13.0. The molecule has 6 nitrogen and oxygen atoms in total. The van der Waals surface area contributed by atoms with Crippen LogP contribution < -0.4 is 5.32 Å². The minimum absolute atomic E-state index is 0.177. The molecule has 4 rings (SSSR count).